The average Bonchev–Trinajstić information content (AvgIpc) is 2.62. The number of aliphatic imine (C=N–C) groups is 1. The van der Waals surface area contributed by atoms with E-state index in [0.29, 0.717) is 6.04 Å². The van der Waals surface area contributed by atoms with Gasteiger partial charge in [0.1, 0.15) is 5.84 Å². The summed E-state index contributed by atoms with van der Waals surface area (Å²) in [5, 5.41) is 13.6. The molecule has 0 bridgehead atoms. The van der Waals surface area contributed by atoms with Gasteiger partial charge in [0, 0.05) is 19.0 Å². The topological polar surface area (TPSA) is 88.2 Å². The molecular formula is C17H31N3O4. The zero-order chi connectivity index (χ0) is 17.2. The van der Waals surface area contributed by atoms with Gasteiger partial charge in [-0.25, -0.2) is 0 Å². The molecule has 3 aliphatic rings. The summed E-state index contributed by atoms with van der Waals surface area (Å²) >= 11 is 0. The van der Waals surface area contributed by atoms with Crippen molar-refractivity contribution in [2.75, 3.05) is 26.3 Å². The highest BCUT2D eigenvalue weighted by Gasteiger charge is 2.26. The molecule has 0 aromatic rings. The largest absolute Gasteiger partial charge is 0.378 e. The maximum atomic E-state index is 8.36. The van der Waals surface area contributed by atoms with Crippen molar-refractivity contribution in [3.63, 3.8) is 0 Å². The monoisotopic (exact) mass is 341 g/mol. The zero-order valence-electron chi connectivity index (χ0n) is 14.6. The summed E-state index contributed by atoms with van der Waals surface area (Å²) in [5.74, 6) is 2.20. The van der Waals surface area contributed by atoms with Crippen molar-refractivity contribution in [3.05, 3.63) is 10.1 Å². The average molecular weight is 341 g/mol. The van der Waals surface area contributed by atoms with Crippen LogP contribution in [0.25, 0.3) is 0 Å². The molecule has 0 spiro atoms. The molecule has 0 aromatic heterocycles. The van der Waals surface area contributed by atoms with Crippen molar-refractivity contribution in [1.29, 1.82) is 0 Å². The summed E-state index contributed by atoms with van der Waals surface area (Å²) in [4.78, 5) is 16.2. The highest BCUT2D eigenvalue weighted by atomic mass is 16.9. The molecule has 3 fully saturated rings. The lowest BCUT2D eigenvalue weighted by atomic mass is 9.87. The fourth-order valence-electron chi connectivity index (χ4n) is 4.00. The van der Waals surface area contributed by atoms with E-state index in [2.05, 4.69) is 4.90 Å². The van der Waals surface area contributed by atoms with Crippen molar-refractivity contribution < 1.29 is 15.0 Å². The second-order valence-electron chi connectivity index (χ2n) is 6.95. The van der Waals surface area contributed by atoms with Crippen molar-refractivity contribution in [2.24, 2.45) is 10.9 Å². The first kappa shape index (κ1) is 19.0. The number of rotatable bonds is 2. The molecule has 0 aromatic carbocycles. The molecule has 24 heavy (non-hydrogen) atoms. The predicted molar refractivity (Wildman–Crippen MR) is 92.1 cm³/mol. The van der Waals surface area contributed by atoms with E-state index in [1.807, 2.05) is 0 Å². The van der Waals surface area contributed by atoms with E-state index in [9.17, 15) is 0 Å². The smallest absolute Gasteiger partial charge is 0.291 e. The molecule has 1 N–H and O–H groups in total. The van der Waals surface area contributed by atoms with Crippen LogP contribution in [-0.4, -0.2) is 53.4 Å². The van der Waals surface area contributed by atoms with E-state index in [0.717, 1.165) is 32.2 Å². The third-order valence-corrected chi connectivity index (χ3v) is 5.19. The summed E-state index contributed by atoms with van der Waals surface area (Å²) in [6.07, 6.45) is 13.8. The number of hydrogen-bond acceptors (Lipinski definition) is 4. The number of nitrogens with zero attached hydrogens (tertiary/aromatic N) is 3. The summed E-state index contributed by atoms with van der Waals surface area (Å²) in [5.41, 5.74) is 0. The number of ether oxygens (including phenoxy) is 1. The van der Waals surface area contributed by atoms with Gasteiger partial charge in [-0.05, 0) is 25.7 Å². The molecule has 7 heteroatoms. The molecule has 1 heterocycles. The second-order valence-corrected chi connectivity index (χ2v) is 6.95. The molecule has 0 unspecified atom stereocenters. The van der Waals surface area contributed by atoms with Crippen LogP contribution in [0.3, 0.4) is 0 Å². The van der Waals surface area contributed by atoms with E-state index >= 15 is 0 Å². The minimum Gasteiger partial charge on any atom is -0.378 e. The third kappa shape index (κ3) is 6.63. The third-order valence-electron chi connectivity index (χ3n) is 5.19. The lowest BCUT2D eigenvalue weighted by molar-refractivity contribution is -0.742. The quantitative estimate of drug-likeness (QED) is 0.360. The van der Waals surface area contributed by atoms with Gasteiger partial charge >= 0.3 is 0 Å². The first-order valence-electron chi connectivity index (χ1n) is 9.40. The molecule has 0 atom stereocenters. The van der Waals surface area contributed by atoms with Gasteiger partial charge in [0.05, 0.1) is 19.3 Å². The Morgan fingerprint density at radius 1 is 1.00 bits per heavy atom. The predicted octanol–water partition coefficient (Wildman–Crippen LogP) is 3.28. The van der Waals surface area contributed by atoms with Crippen LogP contribution in [0.5, 0.6) is 0 Å². The molecule has 138 valence electrons. The summed E-state index contributed by atoms with van der Waals surface area (Å²) in [7, 11) is 0. The van der Waals surface area contributed by atoms with Crippen LogP contribution in [-0.2, 0) is 4.74 Å². The van der Waals surface area contributed by atoms with Crippen LogP contribution in [0.2, 0.25) is 0 Å². The summed E-state index contributed by atoms with van der Waals surface area (Å²) < 4.78 is 5.53. The fraction of sp³-hybridized carbons (Fsp3) is 0.941. The first-order chi connectivity index (χ1) is 11.7. The van der Waals surface area contributed by atoms with Crippen molar-refractivity contribution in [1.82, 2.24) is 4.90 Å². The van der Waals surface area contributed by atoms with Crippen LogP contribution < -0.4 is 0 Å². The number of morpholine rings is 1. The maximum Gasteiger partial charge on any atom is 0.291 e. The van der Waals surface area contributed by atoms with Gasteiger partial charge in [0.25, 0.3) is 5.09 Å². The molecule has 2 aliphatic carbocycles. The Balaban J connectivity index is 0.000000471. The Labute approximate surface area is 144 Å². The lowest BCUT2D eigenvalue weighted by Gasteiger charge is -2.36. The number of amidine groups is 1. The first-order valence-corrected chi connectivity index (χ1v) is 9.40. The molecule has 1 aliphatic heterocycles. The van der Waals surface area contributed by atoms with Crippen LogP contribution in [0.15, 0.2) is 4.99 Å². The van der Waals surface area contributed by atoms with Crippen molar-refractivity contribution in [2.45, 2.75) is 70.3 Å². The van der Waals surface area contributed by atoms with Crippen molar-refractivity contribution >= 4 is 5.84 Å². The molecule has 1 saturated heterocycles. The van der Waals surface area contributed by atoms with Gasteiger partial charge in [-0.2, -0.15) is 0 Å². The Hall–Kier alpha value is -1.37. The highest BCUT2D eigenvalue weighted by Crippen LogP contribution is 2.29. The van der Waals surface area contributed by atoms with E-state index < -0.39 is 5.09 Å². The van der Waals surface area contributed by atoms with E-state index in [1.54, 1.807) is 0 Å². The summed E-state index contributed by atoms with van der Waals surface area (Å²) in [6.45, 7) is 3.89. The standard InChI is InChI=1S/C17H30N2O.HNO3/c1-3-7-15(8-4-1)17(19-11-13-20-14-12-19)18-16-9-5-2-6-10-16;2-1(3)4/h15-16H,1-14H2;(H,2,3,4). The van der Waals surface area contributed by atoms with Crippen LogP contribution in [0, 0.1) is 16.0 Å². The Morgan fingerprint density at radius 3 is 2.04 bits per heavy atom. The second kappa shape index (κ2) is 10.5. The molecular weight excluding hydrogens is 310 g/mol. The van der Waals surface area contributed by atoms with E-state index in [4.69, 9.17) is 25.1 Å². The molecule has 0 radical (unpaired) electrons. The van der Waals surface area contributed by atoms with Crippen molar-refractivity contribution in [3.8, 4) is 0 Å². The molecule has 0 amide bonds. The molecule has 7 nitrogen and oxygen atoms in total. The van der Waals surface area contributed by atoms with Crippen LogP contribution in [0.1, 0.15) is 64.2 Å². The summed E-state index contributed by atoms with van der Waals surface area (Å²) in [6, 6.07) is 0.614. The van der Waals surface area contributed by atoms with Gasteiger partial charge < -0.3 is 14.8 Å². The van der Waals surface area contributed by atoms with Gasteiger partial charge in [-0.3, -0.25) is 4.99 Å². The Bertz CT molecular complexity index is 375. The lowest BCUT2D eigenvalue weighted by Crippen LogP contribution is -2.45. The Kier molecular flexibility index (Phi) is 8.28. The number of hydrogen-bond donors (Lipinski definition) is 1. The SMILES string of the molecule is C1CCC(N=C(C2CCCCC2)N2CCOCC2)CC1.O=[N+]([O-])O. The minimum absolute atomic E-state index is 0.614. The van der Waals surface area contributed by atoms with Gasteiger partial charge in [0.15, 0.2) is 0 Å². The van der Waals surface area contributed by atoms with Gasteiger partial charge in [-0.1, -0.05) is 38.5 Å². The molecule has 3 rings (SSSR count). The van der Waals surface area contributed by atoms with Gasteiger partial charge in [0.2, 0.25) is 0 Å². The van der Waals surface area contributed by atoms with Gasteiger partial charge in [-0.15, -0.1) is 10.1 Å². The highest BCUT2D eigenvalue weighted by molar-refractivity contribution is 5.85. The normalized spacial score (nSPS) is 24.2. The Morgan fingerprint density at radius 2 is 1.50 bits per heavy atom. The minimum atomic E-state index is -1.50. The van der Waals surface area contributed by atoms with E-state index in [-0.39, 0.29) is 0 Å². The fourth-order valence-corrected chi connectivity index (χ4v) is 4.00. The van der Waals surface area contributed by atoms with Crippen LogP contribution >= 0.6 is 0 Å². The molecule has 2 saturated carbocycles. The zero-order valence-corrected chi connectivity index (χ0v) is 14.6. The van der Waals surface area contributed by atoms with Crippen LogP contribution in [0.4, 0.5) is 0 Å². The van der Waals surface area contributed by atoms with E-state index in [1.165, 1.54) is 70.0 Å². The maximum absolute atomic E-state index is 8.36.